The lowest BCUT2D eigenvalue weighted by atomic mass is 10.1. The Morgan fingerprint density at radius 2 is 2.21 bits per heavy atom. The highest BCUT2D eigenvalue weighted by Crippen LogP contribution is 2.30. The van der Waals surface area contributed by atoms with E-state index in [-0.39, 0.29) is 12.4 Å². The summed E-state index contributed by atoms with van der Waals surface area (Å²) in [4.78, 5) is 7.01. The van der Waals surface area contributed by atoms with Crippen LogP contribution >= 0.6 is 12.4 Å². The first kappa shape index (κ1) is 9.94. The smallest absolute Gasteiger partial charge is 0.0461 e. The van der Waals surface area contributed by atoms with Gasteiger partial charge in [-0.3, -0.25) is 9.88 Å². The van der Waals surface area contributed by atoms with Crippen molar-refractivity contribution in [3.63, 3.8) is 0 Å². The molecule has 0 radical (unpaired) electrons. The van der Waals surface area contributed by atoms with E-state index in [1.807, 2.05) is 6.20 Å². The molecular formula is C11H15ClN2. The van der Waals surface area contributed by atoms with Crippen LogP contribution in [0.1, 0.15) is 24.1 Å². The van der Waals surface area contributed by atoms with Crippen LogP contribution in [0, 0.1) is 0 Å². The van der Waals surface area contributed by atoms with Gasteiger partial charge in [0.25, 0.3) is 0 Å². The summed E-state index contributed by atoms with van der Waals surface area (Å²) in [6.45, 7) is 2.35. The van der Waals surface area contributed by atoms with Crippen molar-refractivity contribution in [3.8, 4) is 0 Å². The SMILES string of the molecule is Cl.c1cnc2c(c1)CN(C1CC1)CC2. The van der Waals surface area contributed by atoms with Gasteiger partial charge < -0.3 is 0 Å². The van der Waals surface area contributed by atoms with Gasteiger partial charge in [0.1, 0.15) is 0 Å². The lowest BCUT2D eigenvalue weighted by molar-refractivity contribution is 0.241. The largest absolute Gasteiger partial charge is 0.296 e. The molecule has 1 aromatic rings. The first-order chi connectivity index (χ1) is 6.43. The van der Waals surface area contributed by atoms with Crippen LogP contribution < -0.4 is 0 Å². The van der Waals surface area contributed by atoms with E-state index in [1.54, 1.807) is 0 Å². The maximum atomic E-state index is 4.41. The summed E-state index contributed by atoms with van der Waals surface area (Å²) in [6, 6.07) is 5.17. The predicted molar refractivity (Wildman–Crippen MR) is 58.6 cm³/mol. The molecule has 0 bridgehead atoms. The second-order valence-corrected chi connectivity index (χ2v) is 4.06. The average molecular weight is 211 g/mol. The highest BCUT2D eigenvalue weighted by Gasteiger charge is 2.31. The molecule has 1 aromatic heterocycles. The van der Waals surface area contributed by atoms with Gasteiger partial charge in [0.05, 0.1) is 0 Å². The summed E-state index contributed by atoms with van der Waals surface area (Å²) in [5.41, 5.74) is 2.76. The Bertz CT molecular complexity index is 323. The second kappa shape index (κ2) is 3.87. The Kier molecular flexibility index (Phi) is 2.75. The highest BCUT2D eigenvalue weighted by atomic mass is 35.5. The van der Waals surface area contributed by atoms with Crippen molar-refractivity contribution in [1.82, 2.24) is 9.88 Å². The van der Waals surface area contributed by atoms with Gasteiger partial charge in [-0.15, -0.1) is 12.4 Å². The predicted octanol–water partition coefficient (Wildman–Crippen LogP) is 2.02. The molecule has 0 N–H and O–H groups in total. The third-order valence-corrected chi connectivity index (χ3v) is 3.06. The molecule has 0 unspecified atom stereocenters. The summed E-state index contributed by atoms with van der Waals surface area (Å²) < 4.78 is 0. The molecule has 0 saturated heterocycles. The standard InChI is InChI=1S/C11H14N2.ClH/c1-2-9-8-13(10-3-4-10)7-5-11(9)12-6-1;/h1-2,6,10H,3-5,7-8H2;1H. The first-order valence-electron chi connectivity index (χ1n) is 5.10. The number of fused-ring (bicyclic) bond motifs is 1. The molecule has 1 aliphatic heterocycles. The fourth-order valence-corrected chi connectivity index (χ4v) is 2.14. The topological polar surface area (TPSA) is 16.1 Å². The minimum atomic E-state index is 0. The Morgan fingerprint density at radius 1 is 1.36 bits per heavy atom. The zero-order valence-electron chi connectivity index (χ0n) is 8.15. The molecule has 1 fully saturated rings. The fraction of sp³-hybridized carbons (Fsp3) is 0.545. The van der Waals surface area contributed by atoms with Crippen LogP contribution in [0.5, 0.6) is 0 Å². The third-order valence-electron chi connectivity index (χ3n) is 3.06. The number of hydrogen-bond acceptors (Lipinski definition) is 2. The molecule has 0 spiro atoms. The molecule has 0 aromatic carbocycles. The van der Waals surface area contributed by atoms with Crippen molar-refractivity contribution in [2.45, 2.75) is 31.8 Å². The summed E-state index contributed by atoms with van der Waals surface area (Å²) >= 11 is 0. The number of aromatic nitrogens is 1. The molecule has 0 atom stereocenters. The van der Waals surface area contributed by atoms with Gasteiger partial charge >= 0.3 is 0 Å². The van der Waals surface area contributed by atoms with E-state index in [0.717, 1.165) is 19.0 Å². The van der Waals surface area contributed by atoms with Gasteiger partial charge in [0.2, 0.25) is 0 Å². The Hall–Kier alpha value is -0.600. The van der Waals surface area contributed by atoms with E-state index in [2.05, 4.69) is 22.0 Å². The first-order valence-corrected chi connectivity index (χ1v) is 5.10. The lowest BCUT2D eigenvalue weighted by Gasteiger charge is -2.27. The zero-order chi connectivity index (χ0) is 8.67. The van der Waals surface area contributed by atoms with Crippen molar-refractivity contribution in [2.75, 3.05) is 6.54 Å². The normalized spacial score (nSPS) is 21.1. The molecule has 14 heavy (non-hydrogen) atoms. The number of nitrogens with zero attached hydrogens (tertiary/aromatic N) is 2. The second-order valence-electron chi connectivity index (χ2n) is 4.06. The monoisotopic (exact) mass is 210 g/mol. The summed E-state index contributed by atoms with van der Waals surface area (Å²) in [5, 5.41) is 0. The molecular weight excluding hydrogens is 196 g/mol. The van der Waals surface area contributed by atoms with Gasteiger partial charge in [0, 0.05) is 37.4 Å². The Labute approximate surface area is 90.7 Å². The van der Waals surface area contributed by atoms with Crippen LogP contribution in [0.25, 0.3) is 0 Å². The minimum absolute atomic E-state index is 0. The van der Waals surface area contributed by atoms with Crippen LogP contribution in [0.15, 0.2) is 18.3 Å². The van der Waals surface area contributed by atoms with Crippen molar-refractivity contribution in [1.29, 1.82) is 0 Å². The van der Waals surface area contributed by atoms with E-state index in [4.69, 9.17) is 0 Å². The van der Waals surface area contributed by atoms with Crippen molar-refractivity contribution >= 4 is 12.4 Å². The van der Waals surface area contributed by atoms with Crippen LogP contribution in [0.4, 0.5) is 0 Å². The van der Waals surface area contributed by atoms with E-state index >= 15 is 0 Å². The zero-order valence-corrected chi connectivity index (χ0v) is 8.96. The fourth-order valence-electron chi connectivity index (χ4n) is 2.14. The maximum Gasteiger partial charge on any atom is 0.0461 e. The van der Waals surface area contributed by atoms with Gasteiger partial charge in [-0.05, 0) is 24.5 Å². The van der Waals surface area contributed by atoms with Gasteiger partial charge in [-0.1, -0.05) is 6.07 Å². The molecule has 2 aliphatic rings. The number of rotatable bonds is 1. The van der Waals surface area contributed by atoms with Crippen molar-refractivity contribution in [3.05, 3.63) is 29.6 Å². The molecule has 1 aliphatic carbocycles. The molecule has 2 heterocycles. The van der Waals surface area contributed by atoms with Crippen LogP contribution in [0.2, 0.25) is 0 Å². The van der Waals surface area contributed by atoms with E-state index < -0.39 is 0 Å². The molecule has 3 heteroatoms. The third kappa shape index (κ3) is 1.77. The van der Waals surface area contributed by atoms with E-state index in [9.17, 15) is 0 Å². The van der Waals surface area contributed by atoms with E-state index in [0.29, 0.717) is 0 Å². The Balaban J connectivity index is 0.000000750. The van der Waals surface area contributed by atoms with Gasteiger partial charge in [-0.25, -0.2) is 0 Å². The number of halogens is 1. The molecule has 0 amide bonds. The Morgan fingerprint density at radius 3 is 3.00 bits per heavy atom. The van der Waals surface area contributed by atoms with Crippen LogP contribution in [0.3, 0.4) is 0 Å². The maximum absolute atomic E-state index is 4.41. The molecule has 2 nitrogen and oxygen atoms in total. The van der Waals surface area contributed by atoms with Crippen LogP contribution in [-0.2, 0) is 13.0 Å². The quantitative estimate of drug-likeness (QED) is 0.705. The van der Waals surface area contributed by atoms with Gasteiger partial charge in [0.15, 0.2) is 0 Å². The summed E-state index contributed by atoms with van der Waals surface area (Å²) in [5.74, 6) is 0. The van der Waals surface area contributed by atoms with Gasteiger partial charge in [-0.2, -0.15) is 0 Å². The molecule has 3 rings (SSSR count). The van der Waals surface area contributed by atoms with Crippen LogP contribution in [-0.4, -0.2) is 22.5 Å². The highest BCUT2D eigenvalue weighted by molar-refractivity contribution is 5.85. The van der Waals surface area contributed by atoms with Crippen molar-refractivity contribution in [2.24, 2.45) is 0 Å². The van der Waals surface area contributed by atoms with E-state index in [1.165, 1.54) is 30.6 Å². The summed E-state index contributed by atoms with van der Waals surface area (Å²) in [6.07, 6.45) is 5.88. The molecule has 1 saturated carbocycles. The lowest BCUT2D eigenvalue weighted by Crippen LogP contribution is -2.32. The van der Waals surface area contributed by atoms with Crippen molar-refractivity contribution < 1.29 is 0 Å². The number of pyridine rings is 1. The summed E-state index contributed by atoms with van der Waals surface area (Å²) in [7, 11) is 0. The minimum Gasteiger partial charge on any atom is -0.296 e. The molecule has 76 valence electrons. The number of hydrogen-bond donors (Lipinski definition) is 0. The average Bonchev–Trinajstić information content (AvgIpc) is 3.00.